The molecule has 0 aromatic rings. The Hall–Kier alpha value is -3.33. The van der Waals surface area contributed by atoms with Crippen LogP contribution in [0.25, 0.3) is 0 Å². The monoisotopic (exact) mass is 506 g/mol. The third-order valence-electron chi connectivity index (χ3n) is 3.67. The predicted octanol–water partition coefficient (Wildman–Crippen LogP) is 1.58. The second kappa shape index (κ2) is 14.7. The van der Waals surface area contributed by atoms with Gasteiger partial charge in [0.25, 0.3) is 23.6 Å². The number of thioether (sulfide) groups is 1. The van der Waals surface area contributed by atoms with E-state index in [4.69, 9.17) is 5.21 Å². The number of amides is 4. The fourth-order valence-corrected chi connectivity index (χ4v) is 1.92. The molecule has 2 heterocycles. The van der Waals surface area contributed by atoms with Crippen molar-refractivity contribution in [3.63, 3.8) is 0 Å². The number of hydrogen-bond acceptors (Lipinski definition) is 13. The Morgan fingerprint density at radius 1 is 0.765 bits per heavy atom. The molecule has 0 saturated carbocycles. The maximum Gasteiger partial charge on any atom is 0.541 e. The van der Waals surface area contributed by atoms with E-state index in [1.807, 2.05) is 0 Å². The zero-order valence-corrected chi connectivity index (χ0v) is 20.0. The van der Waals surface area contributed by atoms with E-state index in [1.54, 1.807) is 20.1 Å². The average molecular weight is 506 g/mol. The molecule has 0 radical (unpaired) electrons. The van der Waals surface area contributed by atoms with Gasteiger partial charge in [-0.3, -0.25) is 38.8 Å². The van der Waals surface area contributed by atoms with Crippen LogP contribution in [0.5, 0.6) is 0 Å². The van der Waals surface area contributed by atoms with Crippen molar-refractivity contribution in [2.45, 2.75) is 53.4 Å². The topological polar surface area (TPSA) is 191 Å². The van der Waals surface area contributed by atoms with Gasteiger partial charge in [-0.15, -0.1) is 0 Å². The second-order valence-electron chi connectivity index (χ2n) is 7.13. The van der Waals surface area contributed by atoms with Crippen molar-refractivity contribution in [3.8, 4) is 0 Å². The highest BCUT2D eigenvalue weighted by Crippen LogP contribution is 2.13. The maximum absolute atomic E-state index is 11.0. The molecule has 0 unspecified atom stereocenters. The van der Waals surface area contributed by atoms with E-state index in [0.717, 1.165) is 11.8 Å². The minimum atomic E-state index is -1.37. The quantitative estimate of drug-likeness (QED) is 0.251. The lowest BCUT2D eigenvalue weighted by molar-refractivity contribution is -0.180. The summed E-state index contributed by atoms with van der Waals surface area (Å²) in [5.41, 5.74) is 0. The number of esters is 2. The Labute approximate surface area is 198 Å². The molecule has 2 rings (SSSR count). The molecule has 2 aliphatic rings. The first-order valence-corrected chi connectivity index (χ1v) is 11.1. The highest BCUT2D eigenvalue weighted by Gasteiger charge is 2.34. The first kappa shape index (κ1) is 30.7. The van der Waals surface area contributed by atoms with Gasteiger partial charge in [-0.2, -0.15) is 5.06 Å². The number of carbonyl (C=O) groups is 8. The zero-order valence-electron chi connectivity index (χ0n) is 19.2. The molecular formula is C19H26N2O12S. The molecule has 0 aliphatic carbocycles. The van der Waals surface area contributed by atoms with Crippen LogP contribution < -0.4 is 0 Å². The van der Waals surface area contributed by atoms with Gasteiger partial charge in [0.1, 0.15) is 0 Å². The summed E-state index contributed by atoms with van der Waals surface area (Å²) in [5, 5.41) is 8.34. The molecule has 2 fully saturated rings. The van der Waals surface area contributed by atoms with Gasteiger partial charge in [0.2, 0.25) is 0 Å². The smallest absolute Gasteiger partial charge is 0.385 e. The fourth-order valence-electron chi connectivity index (χ4n) is 1.76. The Morgan fingerprint density at radius 3 is 1.47 bits per heavy atom. The van der Waals surface area contributed by atoms with Crippen molar-refractivity contribution in [1.82, 2.24) is 10.1 Å². The van der Waals surface area contributed by atoms with E-state index < -0.39 is 52.9 Å². The molecule has 15 heteroatoms. The first-order valence-electron chi connectivity index (χ1n) is 9.84. The van der Waals surface area contributed by atoms with E-state index in [2.05, 4.69) is 14.3 Å². The number of nitrogens with zero attached hydrogens (tertiary/aromatic N) is 2. The van der Waals surface area contributed by atoms with Crippen molar-refractivity contribution in [1.29, 1.82) is 0 Å². The van der Waals surface area contributed by atoms with Crippen molar-refractivity contribution >= 4 is 58.8 Å². The predicted molar refractivity (Wildman–Crippen MR) is 111 cm³/mol. The van der Waals surface area contributed by atoms with E-state index in [9.17, 15) is 38.4 Å². The fraction of sp³-hybridized carbons (Fsp3) is 0.579. The van der Waals surface area contributed by atoms with E-state index in [0.29, 0.717) is 5.06 Å². The third kappa shape index (κ3) is 11.0. The lowest BCUT2D eigenvalue weighted by Gasteiger charge is -2.12. The van der Waals surface area contributed by atoms with Gasteiger partial charge in [-0.25, -0.2) is 9.59 Å². The van der Waals surface area contributed by atoms with Gasteiger partial charge in [0, 0.05) is 25.7 Å². The molecular weight excluding hydrogens is 480 g/mol. The molecule has 2 saturated heterocycles. The summed E-state index contributed by atoms with van der Waals surface area (Å²) in [4.78, 5) is 89.9. The summed E-state index contributed by atoms with van der Waals surface area (Å²) >= 11 is 0.889. The molecule has 4 amide bonds. The average Bonchev–Trinajstić information content (AvgIpc) is 3.24. The molecule has 0 bridgehead atoms. The SMILES string of the molecule is CC(C)C(=O)OC(=O)ON1C(=O)CCC1=O.CSC(=O)OC(=O)C(C)C.O=C1CCC(=O)N1O. The van der Waals surface area contributed by atoms with Crippen LogP contribution in [0.3, 0.4) is 0 Å². The Bertz CT molecular complexity index is 807. The molecule has 14 nitrogen and oxygen atoms in total. The minimum absolute atomic E-state index is 0.00968. The molecule has 1 N–H and O–H groups in total. The highest BCUT2D eigenvalue weighted by molar-refractivity contribution is 8.12. The largest absolute Gasteiger partial charge is 0.541 e. The lowest BCUT2D eigenvalue weighted by atomic mass is 10.2. The summed E-state index contributed by atoms with van der Waals surface area (Å²) in [6, 6.07) is 0. The van der Waals surface area contributed by atoms with Gasteiger partial charge in [0.05, 0.1) is 11.8 Å². The van der Waals surface area contributed by atoms with Gasteiger partial charge in [0.15, 0.2) is 0 Å². The van der Waals surface area contributed by atoms with Crippen LogP contribution in [0.2, 0.25) is 0 Å². The number of hydroxylamine groups is 4. The Morgan fingerprint density at radius 2 is 1.15 bits per heavy atom. The molecule has 0 aromatic heterocycles. The van der Waals surface area contributed by atoms with Gasteiger partial charge < -0.3 is 9.47 Å². The normalized spacial score (nSPS) is 14.9. The Balaban J connectivity index is 0.000000519. The van der Waals surface area contributed by atoms with Crippen molar-refractivity contribution in [3.05, 3.63) is 0 Å². The molecule has 0 aromatic carbocycles. The lowest BCUT2D eigenvalue weighted by Crippen LogP contribution is -2.33. The highest BCUT2D eigenvalue weighted by atomic mass is 32.2. The van der Waals surface area contributed by atoms with E-state index >= 15 is 0 Å². The Kier molecular flexibility index (Phi) is 13.3. The molecule has 190 valence electrons. The van der Waals surface area contributed by atoms with Crippen molar-refractivity contribution in [2.75, 3.05) is 6.26 Å². The van der Waals surface area contributed by atoms with Gasteiger partial charge in [-0.05, 0) is 18.0 Å². The van der Waals surface area contributed by atoms with Gasteiger partial charge >= 0.3 is 23.4 Å². The van der Waals surface area contributed by atoms with Gasteiger partial charge in [-0.1, -0.05) is 32.8 Å². The standard InChI is InChI=1S/C9H11NO6.C6H10O3S.C4H5NO3/c1-5(2)8(13)15-9(14)16-10-6(11)3-4-7(10)12;1-4(2)5(7)9-6(8)10-3;6-3-1-2-4(7)5(3)8/h5H,3-4H2,1-2H3;4H,1-3H3;8H,1-2H2. The van der Waals surface area contributed by atoms with Crippen LogP contribution in [0.4, 0.5) is 9.59 Å². The molecule has 2 aliphatic heterocycles. The van der Waals surface area contributed by atoms with Crippen molar-refractivity contribution < 1.29 is 57.9 Å². The molecule has 34 heavy (non-hydrogen) atoms. The summed E-state index contributed by atoms with van der Waals surface area (Å²) in [7, 11) is 0. The molecule has 0 spiro atoms. The number of rotatable bonds is 3. The van der Waals surface area contributed by atoms with Crippen molar-refractivity contribution in [2.24, 2.45) is 11.8 Å². The van der Waals surface area contributed by atoms with E-state index in [-0.39, 0.29) is 36.7 Å². The summed E-state index contributed by atoms with van der Waals surface area (Å²) < 4.78 is 8.57. The third-order valence-corrected chi connectivity index (χ3v) is 4.09. The van der Waals surface area contributed by atoms with Crippen LogP contribution in [0, 0.1) is 11.8 Å². The van der Waals surface area contributed by atoms with E-state index in [1.165, 1.54) is 13.8 Å². The van der Waals surface area contributed by atoms with Crippen LogP contribution in [0.1, 0.15) is 53.4 Å². The number of ether oxygens (including phenoxy) is 2. The first-order chi connectivity index (χ1) is 15.7. The summed E-state index contributed by atoms with van der Waals surface area (Å²) in [6.07, 6.45) is 0.469. The van der Waals surface area contributed by atoms with Crippen LogP contribution in [-0.4, -0.2) is 68.6 Å². The van der Waals surface area contributed by atoms with Crippen LogP contribution >= 0.6 is 11.8 Å². The number of carbonyl (C=O) groups excluding carboxylic acids is 8. The summed E-state index contributed by atoms with van der Waals surface area (Å²) in [5.74, 6) is -4.26. The minimum Gasteiger partial charge on any atom is -0.385 e. The second-order valence-corrected chi connectivity index (χ2v) is 7.87. The number of imide groups is 2. The van der Waals surface area contributed by atoms with Crippen LogP contribution in [-0.2, 0) is 43.1 Å². The maximum atomic E-state index is 11.0. The van der Waals surface area contributed by atoms with Crippen LogP contribution in [0.15, 0.2) is 0 Å². The summed E-state index contributed by atoms with van der Waals surface area (Å²) in [6.45, 7) is 6.41. The molecule has 0 atom stereocenters. The zero-order chi connectivity index (χ0) is 26.6. The number of hydrogen-bond donors (Lipinski definition) is 1.